The third kappa shape index (κ3) is 5.04. The Morgan fingerprint density at radius 2 is 2.03 bits per heavy atom. The number of nitrogens with one attached hydrogen (secondary N) is 1. The average Bonchev–Trinajstić information content (AvgIpc) is 3.02. The van der Waals surface area contributed by atoms with E-state index >= 15 is 0 Å². The number of nitrogens with zero attached hydrogens (tertiary/aromatic N) is 1. The van der Waals surface area contributed by atoms with Crippen LogP contribution in [0.15, 0.2) is 23.8 Å². The lowest BCUT2D eigenvalue weighted by Crippen LogP contribution is -2.49. The first kappa shape index (κ1) is 22.3. The Morgan fingerprint density at radius 1 is 1.30 bits per heavy atom. The van der Waals surface area contributed by atoms with Crippen LogP contribution >= 0.6 is 0 Å². The summed E-state index contributed by atoms with van der Waals surface area (Å²) < 4.78 is 5.25. The summed E-state index contributed by atoms with van der Waals surface area (Å²) in [4.78, 5) is 26.9. The fraction of sp³-hybridized carbons (Fsp3) is 0.583. The number of aliphatic hydroxyl groups is 1. The molecule has 3 rings (SSSR count). The molecule has 30 heavy (non-hydrogen) atoms. The van der Waals surface area contributed by atoms with Crippen LogP contribution in [0.2, 0.25) is 0 Å². The molecule has 1 heterocycles. The molecule has 0 saturated heterocycles. The fourth-order valence-electron chi connectivity index (χ4n) is 4.44. The molecule has 0 bridgehead atoms. The van der Waals surface area contributed by atoms with E-state index < -0.39 is 11.7 Å². The molecule has 1 aliphatic heterocycles. The smallest absolute Gasteiger partial charge is 0.408 e. The molecule has 0 fully saturated rings. The maximum absolute atomic E-state index is 13.0. The molecule has 0 radical (unpaired) electrons. The van der Waals surface area contributed by atoms with Gasteiger partial charge in [-0.05, 0) is 73.8 Å². The number of ether oxygens (including phenoxy) is 1. The summed E-state index contributed by atoms with van der Waals surface area (Å²) in [5.41, 5.74) is 5.48. The Morgan fingerprint density at radius 3 is 2.67 bits per heavy atom. The molecule has 2 aliphatic rings. The number of amides is 2. The summed E-state index contributed by atoms with van der Waals surface area (Å²) in [5.74, 6) is 0.359. The van der Waals surface area contributed by atoms with Crippen molar-refractivity contribution in [2.24, 2.45) is 5.92 Å². The van der Waals surface area contributed by atoms with Gasteiger partial charge in [0.1, 0.15) is 12.1 Å². The van der Waals surface area contributed by atoms with Crippen molar-refractivity contribution in [2.75, 3.05) is 13.1 Å². The molecule has 0 aromatic heterocycles. The Balaban J connectivity index is 1.76. The molecule has 1 aliphatic carbocycles. The third-order valence-electron chi connectivity index (χ3n) is 5.62. The lowest BCUT2D eigenvalue weighted by molar-refractivity contribution is -0.132. The molecule has 1 aromatic rings. The quantitative estimate of drug-likeness (QED) is 0.771. The molecule has 6 nitrogen and oxygen atoms in total. The third-order valence-corrected chi connectivity index (χ3v) is 5.62. The number of carbonyl (C=O) groups excluding carboxylic acids is 2. The van der Waals surface area contributed by atoms with E-state index in [1.165, 1.54) is 22.3 Å². The van der Waals surface area contributed by atoms with E-state index in [1.54, 1.807) is 20.8 Å². The molecule has 0 spiro atoms. The van der Waals surface area contributed by atoms with Crippen LogP contribution in [-0.4, -0.2) is 46.7 Å². The van der Waals surface area contributed by atoms with Crippen LogP contribution in [0.5, 0.6) is 0 Å². The topological polar surface area (TPSA) is 78.9 Å². The molecule has 2 amide bonds. The van der Waals surface area contributed by atoms with Crippen molar-refractivity contribution < 1.29 is 19.4 Å². The van der Waals surface area contributed by atoms with Gasteiger partial charge >= 0.3 is 6.09 Å². The maximum Gasteiger partial charge on any atom is 0.408 e. The molecule has 1 aromatic carbocycles. The van der Waals surface area contributed by atoms with Crippen molar-refractivity contribution in [1.82, 2.24) is 10.2 Å². The summed E-state index contributed by atoms with van der Waals surface area (Å²) in [6.07, 6.45) is 1.95. The zero-order valence-corrected chi connectivity index (χ0v) is 18.7. The van der Waals surface area contributed by atoms with Crippen LogP contribution in [-0.2, 0) is 22.6 Å². The number of aliphatic hydroxyl groups excluding tert-OH is 1. The monoisotopic (exact) mass is 414 g/mol. The van der Waals surface area contributed by atoms with Gasteiger partial charge < -0.3 is 20.1 Å². The minimum atomic E-state index is -0.596. The van der Waals surface area contributed by atoms with Crippen molar-refractivity contribution in [3.05, 3.63) is 40.5 Å². The van der Waals surface area contributed by atoms with Gasteiger partial charge in [0.05, 0.1) is 12.6 Å². The molecule has 1 unspecified atom stereocenters. The fourth-order valence-corrected chi connectivity index (χ4v) is 4.44. The van der Waals surface area contributed by atoms with Crippen molar-refractivity contribution in [1.29, 1.82) is 0 Å². The van der Waals surface area contributed by atoms with Gasteiger partial charge in [-0.15, -0.1) is 0 Å². The van der Waals surface area contributed by atoms with Gasteiger partial charge in [-0.3, -0.25) is 4.79 Å². The van der Waals surface area contributed by atoms with E-state index in [2.05, 4.69) is 31.3 Å². The van der Waals surface area contributed by atoms with Gasteiger partial charge in [-0.25, -0.2) is 4.79 Å². The number of carbonyl (C=O) groups is 2. The Labute approximate surface area is 179 Å². The lowest BCUT2D eigenvalue weighted by atomic mass is 9.87. The zero-order valence-electron chi connectivity index (χ0n) is 18.7. The second-order valence-corrected chi connectivity index (χ2v) is 9.67. The highest BCUT2D eigenvalue weighted by Crippen LogP contribution is 2.42. The van der Waals surface area contributed by atoms with E-state index in [1.807, 2.05) is 11.0 Å². The van der Waals surface area contributed by atoms with E-state index in [-0.39, 0.29) is 25.1 Å². The first-order valence-corrected chi connectivity index (χ1v) is 10.8. The van der Waals surface area contributed by atoms with Crippen LogP contribution in [0.3, 0.4) is 0 Å². The number of benzene rings is 1. The maximum atomic E-state index is 13.0. The highest BCUT2D eigenvalue weighted by molar-refractivity contribution is 5.86. The van der Waals surface area contributed by atoms with Crippen LogP contribution in [0.25, 0.3) is 5.57 Å². The van der Waals surface area contributed by atoms with Crippen LogP contribution in [0.4, 0.5) is 4.79 Å². The van der Waals surface area contributed by atoms with Crippen LogP contribution in [0.1, 0.15) is 64.2 Å². The molecule has 6 heteroatoms. The van der Waals surface area contributed by atoms with Crippen molar-refractivity contribution in [3.63, 3.8) is 0 Å². The van der Waals surface area contributed by atoms with E-state index in [0.717, 1.165) is 24.8 Å². The summed E-state index contributed by atoms with van der Waals surface area (Å²) >= 11 is 0. The van der Waals surface area contributed by atoms with Crippen molar-refractivity contribution in [3.8, 4) is 0 Å². The average molecular weight is 415 g/mol. The number of alkyl carbamates (subject to hydrolysis) is 1. The summed E-state index contributed by atoms with van der Waals surface area (Å²) in [7, 11) is 0. The Bertz CT molecular complexity index is 851. The molecule has 2 N–H and O–H groups in total. The first-order valence-electron chi connectivity index (χ1n) is 10.8. The minimum absolute atomic E-state index is 0.0339. The van der Waals surface area contributed by atoms with Crippen molar-refractivity contribution >= 4 is 17.6 Å². The number of hydrogen-bond acceptors (Lipinski definition) is 4. The van der Waals surface area contributed by atoms with Gasteiger partial charge in [-0.1, -0.05) is 32.0 Å². The van der Waals surface area contributed by atoms with Crippen LogP contribution < -0.4 is 5.32 Å². The highest BCUT2D eigenvalue weighted by Gasteiger charge is 2.37. The standard InChI is InChI=1S/C24H34N2O4/c1-15(2)10-21-20-12-17-11-16(14-27)6-7-18(17)19(20)8-9-26(21)22(28)13-25-23(29)30-24(3,4)5/h6-7,11,15,21,27H,8-10,12-14H2,1-5H3,(H,25,29). The van der Waals surface area contributed by atoms with Gasteiger partial charge in [0.25, 0.3) is 0 Å². The predicted octanol–water partition coefficient (Wildman–Crippen LogP) is 3.66. The van der Waals surface area contributed by atoms with Crippen LogP contribution in [0, 0.1) is 5.92 Å². The first-order chi connectivity index (χ1) is 14.1. The predicted molar refractivity (Wildman–Crippen MR) is 117 cm³/mol. The molecule has 164 valence electrons. The van der Waals surface area contributed by atoms with Gasteiger partial charge in [-0.2, -0.15) is 0 Å². The van der Waals surface area contributed by atoms with E-state index in [9.17, 15) is 14.7 Å². The van der Waals surface area contributed by atoms with Gasteiger partial charge in [0.15, 0.2) is 0 Å². The van der Waals surface area contributed by atoms with E-state index in [0.29, 0.717) is 12.5 Å². The highest BCUT2D eigenvalue weighted by atomic mass is 16.6. The largest absolute Gasteiger partial charge is 0.444 e. The molecular weight excluding hydrogens is 380 g/mol. The Hall–Kier alpha value is -2.34. The normalized spacial score (nSPS) is 18.4. The van der Waals surface area contributed by atoms with Crippen molar-refractivity contribution in [2.45, 2.75) is 72.1 Å². The minimum Gasteiger partial charge on any atom is -0.444 e. The number of hydrogen-bond donors (Lipinski definition) is 2. The summed E-state index contributed by atoms with van der Waals surface area (Å²) in [6, 6.07) is 6.20. The Kier molecular flexibility index (Phi) is 6.56. The van der Waals surface area contributed by atoms with Gasteiger partial charge in [0, 0.05) is 6.54 Å². The molecule has 1 atom stereocenters. The summed E-state index contributed by atoms with van der Waals surface area (Å²) in [6.45, 7) is 10.3. The van der Waals surface area contributed by atoms with E-state index in [4.69, 9.17) is 4.74 Å². The van der Waals surface area contributed by atoms with Gasteiger partial charge in [0.2, 0.25) is 5.91 Å². The molecule has 0 saturated carbocycles. The zero-order chi connectivity index (χ0) is 22.1. The molecular formula is C24H34N2O4. The number of rotatable bonds is 5. The SMILES string of the molecule is CC(C)CC1C2=C(CCN1C(=O)CNC(=O)OC(C)(C)C)c1ccc(CO)cc1C2. The summed E-state index contributed by atoms with van der Waals surface area (Å²) in [5, 5.41) is 12.1. The number of fused-ring (bicyclic) bond motifs is 2. The lowest BCUT2D eigenvalue weighted by Gasteiger charge is -2.38. The second-order valence-electron chi connectivity index (χ2n) is 9.67. The second kappa shape index (κ2) is 8.80.